The number of amides is 2. The molecule has 2 amide bonds. The van der Waals surface area contributed by atoms with Crippen LogP contribution >= 0.6 is 22.7 Å². The van der Waals surface area contributed by atoms with Gasteiger partial charge < -0.3 is 10.6 Å². The quantitative estimate of drug-likeness (QED) is 0.430. The highest BCUT2D eigenvalue weighted by Gasteiger charge is 2.12. The Hall–Kier alpha value is -3.22. The Labute approximate surface area is 170 Å². The van der Waals surface area contributed by atoms with Crippen molar-refractivity contribution >= 4 is 45.9 Å². The van der Waals surface area contributed by atoms with Crippen LogP contribution in [0.25, 0.3) is 10.4 Å². The average molecular weight is 405 g/mol. The van der Waals surface area contributed by atoms with Crippen LogP contribution in [0.4, 0.5) is 11.4 Å². The third kappa shape index (κ3) is 4.03. The summed E-state index contributed by atoms with van der Waals surface area (Å²) in [4.78, 5) is 26.7. The van der Waals surface area contributed by atoms with Crippen molar-refractivity contribution in [2.24, 2.45) is 0 Å². The highest BCUT2D eigenvalue weighted by Crippen LogP contribution is 2.31. The molecule has 6 heteroatoms. The Kier molecular flexibility index (Phi) is 5.32. The Morgan fingerprint density at radius 2 is 1.54 bits per heavy atom. The number of hydrogen-bond acceptors (Lipinski definition) is 4. The Balaban J connectivity index is 1.53. The molecule has 0 atom stereocenters. The molecule has 0 unspecified atom stereocenters. The fourth-order valence-electron chi connectivity index (χ4n) is 2.77. The fraction of sp³-hybridized carbons (Fsp3) is 0. The second-order valence-electron chi connectivity index (χ2n) is 5.99. The van der Waals surface area contributed by atoms with Crippen LogP contribution in [-0.4, -0.2) is 11.8 Å². The van der Waals surface area contributed by atoms with Crippen LogP contribution in [0.2, 0.25) is 0 Å². The van der Waals surface area contributed by atoms with Crippen LogP contribution in [0.15, 0.2) is 83.6 Å². The Bertz CT molecular complexity index is 1100. The predicted molar refractivity (Wildman–Crippen MR) is 116 cm³/mol. The van der Waals surface area contributed by atoms with E-state index in [2.05, 4.69) is 10.6 Å². The fourth-order valence-corrected chi connectivity index (χ4v) is 4.16. The Morgan fingerprint density at radius 3 is 2.32 bits per heavy atom. The maximum Gasteiger partial charge on any atom is 0.265 e. The van der Waals surface area contributed by atoms with Crippen LogP contribution in [-0.2, 0) is 0 Å². The van der Waals surface area contributed by atoms with Gasteiger partial charge in [0, 0.05) is 27.4 Å². The number of thiophene rings is 2. The Morgan fingerprint density at radius 1 is 0.714 bits per heavy atom. The van der Waals surface area contributed by atoms with Gasteiger partial charge in [0.25, 0.3) is 11.8 Å². The number of anilines is 2. The van der Waals surface area contributed by atoms with E-state index in [0.29, 0.717) is 16.1 Å². The van der Waals surface area contributed by atoms with Crippen LogP contribution in [0.1, 0.15) is 20.0 Å². The molecule has 2 aromatic carbocycles. The molecule has 0 aliphatic rings. The number of carbonyl (C=O) groups is 2. The van der Waals surface area contributed by atoms with Gasteiger partial charge in [-0.2, -0.15) is 0 Å². The number of benzene rings is 2. The molecule has 0 saturated heterocycles. The van der Waals surface area contributed by atoms with E-state index in [9.17, 15) is 9.59 Å². The van der Waals surface area contributed by atoms with Gasteiger partial charge in [-0.3, -0.25) is 9.59 Å². The van der Waals surface area contributed by atoms with Gasteiger partial charge >= 0.3 is 0 Å². The molecule has 0 bridgehead atoms. The van der Waals surface area contributed by atoms with Crippen LogP contribution < -0.4 is 10.6 Å². The van der Waals surface area contributed by atoms with E-state index in [1.165, 1.54) is 11.3 Å². The lowest BCUT2D eigenvalue weighted by atomic mass is 10.1. The molecule has 0 aliphatic heterocycles. The van der Waals surface area contributed by atoms with Crippen molar-refractivity contribution in [2.45, 2.75) is 0 Å². The molecule has 4 rings (SSSR count). The number of nitrogens with one attached hydrogen (secondary N) is 2. The number of rotatable bonds is 5. The smallest absolute Gasteiger partial charge is 0.265 e. The van der Waals surface area contributed by atoms with Gasteiger partial charge in [-0.1, -0.05) is 36.4 Å². The monoisotopic (exact) mass is 404 g/mol. The van der Waals surface area contributed by atoms with Crippen LogP contribution in [0.3, 0.4) is 0 Å². The highest BCUT2D eigenvalue weighted by atomic mass is 32.1. The largest absolute Gasteiger partial charge is 0.321 e. The third-order valence-corrected chi connectivity index (χ3v) is 5.86. The van der Waals surface area contributed by atoms with E-state index in [4.69, 9.17) is 0 Å². The maximum absolute atomic E-state index is 12.8. The first-order chi connectivity index (χ1) is 13.7. The second kappa shape index (κ2) is 8.21. The SMILES string of the molecule is O=C(Nc1ccccc1-c1cccs1)c1cccc(NC(=O)c2cccs2)c1. The molecule has 0 radical (unpaired) electrons. The van der Waals surface area contributed by atoms with Crippen LogP contribution in [0.5, 0.6) is 0 Å². The van der Waals surface area contributed by atoms with Gasteiger partial charge in [0.2, 0.25) is 0 Å². The lowest BCUT2D eigenvalue weighted by molar-refractivity contribution is 0.101. The topological polar surface area (TPSA) is 58.2 Å². The van der Waals surface area contributed by atoms with Gasteiger partial charge in [0.1, 0.15) is 0 Å². The molecule has 0 fully saturated rings. The number of carbonyl (C=O) groups excluding carboxylic acids is 2. The second-order valence-corrected chi connectivity index (χ2v) is 7.88. The van der Waals surface area contributed by atoms with E-state index in [1.54, 1.807) is 41.7 Å². The molecular weight excluding hydrogens is 388 g/mol. The summed E-state index contributed by atoms with van der Waals surface area (Å²) in [5, 5.41) is 9.67. The molecular formula is C22H16N2O2S2. The summed E-state index contributed by atoms with van der Waals surface area (Å²) in [6.07, 6.45) is 0. The minimum atomic E-state index is -0.226. The van der Waals surface area contributed by atoms with Crippen molar-refractivity contribution in [3.05, 3.63) is 94.0 Å². The first-order valence-electron chi connectivity index (χ1n) is 8.60. The summed E-state index contributed by atoms with van der Waals surface area (Å²) >= 11 is 3.00. The van der Waals surface area contributed by atoms with Gasteiger partial charge in [0.15, 0.2) is 0 Å². The predicted octanol–water partition coefficient (Wildman–Crippen LogP) is 5.98. The third-order valence-electron chi connectivity index (χ3n) is 4.09. The van der Waals surface area contributed by atoms with Gasteiger partial charge in [-0.25, -0.2) is 0 Å². The molecule has 2 aromatic heterocycles. The molecule has 0 spiro atoms. The molecule has 138 valence electrons. The zero-order valence-electron chi connectivity index (χ0n) is 14.7. The lowest BCUT2D eigenvalue weighted by Gasteiger charge is -2.11. The minimum absolute atomic E-state index is 0.185. The molecule has 28 heavy (non-hydrogen) atoms. The van der Waals surface area contributed by atoms with Crippen molar-refractivity contribution in [3.63, 3.8) is 0 Å². The van der Waals surface area contributed by atoms with E-state index in [0.717, 1.165) is 16.1 Å². The van der Waals surface area contributed by atoms with Crippen LogP contribution in [0, 0.1) is 0 Å². The van der Waals surface area contributed by atoms with Gasteiger partial charge in [-0.05, 0) is 47.2 Å². The first kappa shape index (κ1) is 18.2. The van der Waals surface area contributed by atoms with E-state index in [1.807, 2.05) is 53.2 Å². The zero-order chi connectivity index (χ0) is 19.3. The molecule has 0 saturated carbocycles. The standard InChI is InChI=1S/C22H16N2O2S2/c25-21(24-18-9-2-1-8-17(18)19-10-4-12-27-19)15-6-3-7-16(14-15)23-22(26)20-11-5-13-28-20/h1-14H,(H,23,26)(H,24,25). The molecule has 4 nitrogen and oxygen atoms in total. The first-order valence-corrected chi connectivity index (χ1v) is 10.4. The van der Waals surface area contributed by atoms with Crippen molar-refractivity contribution in [2.75, 3.05) is 10.6 Å². The van der Waals surface area contributed by atoms with E-state index in [-0.39, 0.29) is 11.8 Å². The summed E-state index contributed by atoms with van der Waals surface area (Å²) in [6, 6.07) is 22.2. The highest BCUT2D eigenvalue weighted by molar-refractivity contribution is 7.13. The summed E-state index contributed by atoms with van der Waals surface area (Å²) < 4.78 is 0. The average Bonchev–Trinajstić information content (AvgIpc) is 3.43. The molecule has 2 N–H and O–H groups in total. The van der Waals surface area contributed by atoms with Crippen molar-refractivity contribution < 1.29 is 9.59 Å². The van der Waals surface area contributed by atoms with Gasteiger partial charge in [-0.15, -0.1) is 22.7 Å². The number of hydrogen-bond donors (Lipinski definition) is 2. The maximum atomic E-state index is 12.8. The van der Waals surface area contributed by atoms with Crippen molar-refractivity contribution in [1.29, 1.82) is 0 Å². The van der Waals surface area contributed by atoms with Gasteiger partial charge in [0.05, 0.1) is 4.88 Å². The zero-order valence-corrected chi connectivity index (χ0v) is 16.3. The minimum Gasteiger partial charge on any atom is -0.321 e. The molecule has 4 aromatic rings. The summed E-state index contributed by atoms with van der Waals surface area (Å²) in [7, 11) is 0. The summed E-state index contributed by atoms with van der Waals surface area (Å²) in [5.74, 6) is -0.410. The van der Waals surface area contributed by atoms with E-state index >= 15 is 0 Å². The molecule has 2 heterocycles. The normalized spacial score (nSPS) is 10.4. The summed E-state index contributed by atoms with van der Waals surface area (Å²) in [5.41, 5.74) is 2.79. The summed E-state index contributed by atoms with van der Waals surface area (Å²) in [6.45, 7) is 0. The number of para-hydroxylation sites is 1. The van der Waals surface area contributed by atoms with Crippen molar-refractivity contribution in [1.82, 2.24) is 0 Å². The molecule has 0 aliphatic carbocycles. The lowest BCUT2D eigenvalue weighted by Crippen LogP contribution is -2.14. The van der Waals surface area contributed by atoms with E-state index < -0.39 is 0 Å². The van der Waals surface area contributed by atoms with Crippen molar-refractivity contribution in [3.8, 4) is 10.4 Å².